The summed E-state index contributed by atoms with van der Waals surface area (Å²) in [5.41, 5.74) is 2.20. The molecule has 0 aromatic heterocycles. The van der Waals surface area contributed by atoms with Gasteiger partial charge in [0.2, 0.25) is 0 Å². The van der Waals surface area contributed by atoms with Crippen molar-refractivity contribution in [1.82, 2.24) is 0 Å². The molecular weight excluding hydrogens is 828 g/mol. The number of carbonyl (C=O) groups is 1. The molecule has 0 saturated heterocycles. The van der Waals surface area contributed by atoms with Crippen molar-refractivity contribution in [3.8, 4) is 0 Å². The number of rotatable bonds is 43. The molecule has 15 nitrogen and oxygen atoms in total. The van der Waals surface area contributed by atoms with Crippen LogP contribution in [0.15, 0.2) is 84.9 Å². The van der Waals surface area contributed by atoms with Crippen LogP contribution in [0.3, 0.4) is 0 Å². The van der Waals surface area contributed by atoms with Crippen LogP contribution in [0.1, 0.15) is 23.1 Å². The molecule has 348 valence electrons. The summed E-state index contributed by atoms with van der Waals surface area (Å²) >= 11 is 6.25. The van der Waals surface area contributed by atoms with Crippen LogP contribution in [0.4, 0.5) is 0 Å². The van der Waals surface area contributed by atoms with Gasteiger partial charge in [-0.15, -0.1) is 0 Å². The normalized spacial score (nSPS) is 11.7. The number of aliphatic carboxylic acids is 1. The number of carboxylic acids is 1. The van der Waals surface area contributed by atoms with E-state index in [0.29, 0.717) is 164 Å². The highest BCUT2D eigenvalue weighted by molar-refractivity contribution is 6.30. The lowest BCUT2D eigenvalue weighted by atomic mass is 9.80. The minimum absolute atomic E-state index is 0.00722. The van der Waals surface area contributed by atoms with Gasteiger partial charge in [0.05, 0.1) is 172 Å². The first-order chi connectivity index (χ1) is 30.6. The summed E-state index contributed by atoms with van der Waals surface area (Å²) in [6.45, 7) is 11.1. The summed E-state index contributed by atoms with van der Waals surface area (Å²) in [7, 11) is 0. The second kappa shape index (κ2) is 37.3. The predicted molar refractivity (Wildman–Crippen MR) is 232 cm³/mol. The predicted octanol–water partition coefficient (Wildman–Crippen LogP) is 5.32. The number of carboxylic acid groups (broad SMARTS) is 1. The topological polar surface area (TPSA) is 157 Å². The van der Waals surface area contributed by atoms with Crippen molar-refractivity contribution in [2.45, 2.75) is 12.0 Å². The van der Waals surface area contributed by atoms with Gasteiger partial charge < -0.3 is 66.7 Å². The number of halogens is 1. The Balaban J connectivity index is 1.02. The minimum atomic E-state index is -0.877. The van der Waals surface area contributed by atoms with E-state index in [1.807, 2.05) is 60.7 Å². The maximum atomic E-state index is 10.4. The highest BCUT2D eigenvalue weighted by atomic mass is 35.5. The van der Waals surface area contributed by atoms with Crippen molar-refractivity contribution in [1.29, 1.82) is 0 Å². The zero-order valence-electron chi connectivity index (χ0n) is 36.0. The molecule has 0 amide bonds. The first-order valence-corrected chi connectivity index (χ1v) is 21.7. The molecule has 0 spiro atoms. The van der Waals surface area contributed by atoms with Crippen LogP contribution in [-0.4, -0.2) is 176 Å². The lowest BCUT2D eigenvalue weighted by Gasteiger charge is -2.36. The SMILES string of the molecule is O=C(O)CCOCCOCCOCCOCCOCCOCCOCCOCCOCCOCCOCCOCCOC(c1ccccc1)(c1ccccc1)c1ccc(Cl)cc1. The number of hydrogen-bond donors (Lipinski definition) is 1. The second-order valence-corrected chi connectivity index (χ2v) is 13.7. The average Bonchev–Trinajstić information content (AvgIpc) is 3.29. The van der Waals surface area contributed by atoms with Crippen LogP contribution in [0.2, 0.25) is 5.02 Å². The Hall–Kier alpha value is -3.10. The van der Waals surface area contributed by atoms with Crippen LogP contribution in [-0.2, 0) is 72.0 Å². The molecule has 3 aromatic rings. The summed E-state index contributed by atoms with van der Waals surface area (Å²) in [4.78, 5) is 10.4. The Kier molecular flexibility index (Phi) is 32.0. The molecule has 0 bridgehead atoms. The number of benzene rings is 3. The van der Waals surface area contributed by atoms with E-state index in [0.717, 1.165) is 16.7 Å². The molecule has 62 heavy (non-hydrogen) atoms. The Labute approximate surface area is 371 Å². The van der Waals surface area contributed by atoms with Crippen LogP contribution >= 0.6 is 11.6 Å². The average molecular weight is 895 g/mol. The van der Waals surface area contributed by atoms with E-state index in [2.05, 4.69) is 24.3 Å². The molecule has 0 aliphatic carbocycles. The summed E-state index contributed by atoms with van der Waals surface area (Å²) in [5, 5.41) is 9.19. The molecule has 0 aliphatic heterocycles. The van der Waals surface area contributed by atoms with Crippen molar-refractivity contribution >= 4 is 17.6 Å². The van der Waals surface area contributed by atoms with E-state index in [1.165, 1.54) is 0 Å². The fourth-order valence-corrected chi connectivity index (χ4v) is 5.84. The third-order valence-electron chi connectivity index (χ3n) is 8.71. The second-order valence-electron chi connectivity index (χ2n) is 13.3. The van der Waals surface area contributed by atoms with Crippen LogP contribution in [0, 0.1) is 0 Å². The van der Waals surface area contributed by atoms with Gasteiger partial charge in [-0.1, -0.05) is 84.4 Å². The first-order valence-electron chi connectivity index (χ1n) is 21.3. The maximum absolute atomic E-state index is 10.4. The van der Waals surface area contributed by atoms with Gasteiger partial charge in [0.25, 0.3) is 0 Å². The summed E-state index contributed by atoms with van der Waals surface area (Å²) in [6.07, 6.45) is -0.00722. The maximum Gasteiger partial charge on any atom is 0.305 e. The zero-order valence-corrected chi connectivity index (χ0v) is 36.8. The molecule has 0 fully saturated rings. The summed E-state index contributed by atoms with van der Waals surface area (Å²) in [5.74, 6) is -0.877. The van der Waals surface area contributed by atoms with E-state index in [1.54, 1.807) is 0 Å². The van der Waals surface area contributed by atoms with Gasteiger partial charge >= 0.3 is 5.97 Å². The molecule has 0 heterocycles. The number of hydrogen-bond acceptors (Lipinski definition) is 14. The molecule has 16 heteroatoms. The van der Waals surface area contributed by atoms with E-state index >= 15 is 0 Å². The Morgan fingerprint density at radius 2 is 0.597 bits per heavy atom. The van der Waals surface area contributed by atoms with E-state index in [-0.39, 0.29) is 13.0 Å². The molecule has 0 radical (unpaired) electrons. The first kappa shape index (κ1) is 53.2. The molecule has 3 rings (SSSR count). The Morgan fingerprint density at radius 3 is 0.871 bits per heavy atom. The van der Waals surface area contributed by atoms with Crippen molar-refractivity contribution in [2.24, 2.45) is 0 Å². The highest BCUT2D eigenvalue weighted by Gasteiger charge is 2.37. The van der Waals surface area contributed by atoms with Gasteiger partial charge in [-0.05, 0) is 28.8 Å². The smallest absolute Gasteiger partial charge is 0.305 e. The number of ether oxygens (including phenoxy) is 13. The molecule has 0 unspecified atom stereocenters. The molecular formula is C46H67ClO15. The van der Waals surface area contributed by atoms with Gasteiger partial charge in [-0.25, -0.2) is 0 Å². The quantitative estimate of drug-likeness (QED) is 0.0575. The molecule has 0 saturated carbocycles. The summed E-state index contributed by atoms with van der Waals surface area (Å²) in [6, 6.07) is 28.2. The Morgan fingerprint density at radius 1 is 0.355 bits per heavy atom. The van der Waals surface area contributed by atoms with E-state index < -0.39 is 11.6 Å². The van der Waals surface area contributed by atoms with Gasteiger partial charge in [-0.3, -0.25) is 4.79 Å². The fourth-order valence-electron chi connectivity index (χ4n) is 5.71. The van der Waals surface area contributed by atoms with Crippen LogP contribution in [0.5, 0.6) is 0 Å². The van der Waals surface area contributed by atoms with Gasteiger partial charge in [0.1, 0.15) is 5.60 Å². The fraction of sp³-hybridized carbons (Fsp3) is 0.587. The zero-order chi connectivity index (χ0) is 43.9. The van der Waals surface area contributed by atoms with E-state index in [4.69, 9.17) is 78.3 Å². The van der Waals surface area contributed by atoms with Crippen molar-refractivity contribution in [3.63, 3.8) is 0 Å². The van der Waals surface area contributed by atoms with Crippen LogP contribution < -0.4 is 0 Å². The van der Waals surface area contributed by atoms with E-state index in [9.17, 15) is 4.79 Å². The summed E-state index contributed by atoms with van der Waals surface area (Å²) < 4.78 is 72.7. The van der Waals surface area contributed by atoms with Gasteiger partial charge in [-0.2, -0.15) is 0 Å². The lowest BCUT2D eigenvalue weighted by molar-refractivity contribution is -0.138. The third kappa shape index (κ3) is 25.3. The lowest BCUT2D eigenvalue weighted by Crippen LogP contribution is -2.34. The monoisotopic (exact) mass is 894 g/mol. The van der Waals surface area contributed by atoms with Gasteiger partial charge in [0, 0.05) is 5.02 Å². The molecule has 0 aliphatic rings. The van der Waals surface area contributed by atoms with Crippen LogP contribution in [0.25, 0.3) is 0 Å². The molecule has 0 atom stereocenters. The standard InChI is InChI=1S/C46H67ClO15/c47-44-13-11-43(12-14-44)46(41-7-3-1-4-8-41,42-9-5-2-6-10-42)62-40-39-61-38-37-60-36-35-59-34-33-58-32-31-57-30-29-56-28-27-55-26-25-54-24-23-53-22-21-52-20-19-51-18-17-50-16-15-45(48)49/h1-14H,15-40H2,(H,48,49). The van der Waals surface area contributed by atoms with Crippen molar-refractivity contribution < 1.29 is 71.5 Å². The minimum Gasteiger partial charge on any atom is -0.481 e. The van der Waals surface area contributed by atoms with Gasteiger partial charge in [0.15, 0.2) is 0 Å². The molecule has 3 aromatic carbocycles. The van der Waals surface area contributed by atoms with Crippen molar-refractivity contribution in [3.05, 3.63) is 107 Å². The molecule has 1 N–H and O–H groups in total. The Bertz CT molecular complexity index is 1420. The third-order valence-corrected chi connectivity index (χ3v) is 8.96. The highest BCUT2D eigenvalue weighted by Crippen LogP contribution is 2.40. The largest absolute Gasteiger partial charge is 0.481 e. The van der Waals surface area contributed by atoms with Crippen molar-refractivity contribution in [2.75, 3.05) is 165 Å².